The van der Waals surface area contributed by atoms with Crippen LogP contribution in [0.5, 0.6) is 0 Å². The van der Waals surface area contributed by atoms with Crippen LogP contribution < -0.4 is 5.32 Å². The van der Waals surface area contributed by atoms with Crippen molar-refractivity contribution in [1.29, 1.82) is 0 Å². The van der Waals surface area contributed by atoms with Gasteiger partial charge in [-0.2, -0.15) is 0 Å². The molecule has 0 aliphatic heterocycles. The molecule has 0 spiro atoms. The molecule has 0 saturated carbocycles. The van der Waals surface area contributed by atoms with Gasteiger partial charge in [0.1, 0.15) is 0 Å². The minimum atomic E-state index is -0.902. The summed E-state index contributed by atoms with van der Waals surface area (Å²) in [6.45, 7) is 4.30. The average Bonchev–Trinajstić information content (AvgIpc) is 2.89. The molecule has 2 aromatic rings. The molecule has 0 bridgehead atoms. The Kier molecular flexibility index (Phi) is 4.22. The fourth-order valence-electron chi connectivity index (χ4n) is 1.96. The molecule has 0 aliphatic rings. The molecule has 4 heteroatoms. The lowest BCUT2D eigenvalue weighted by molar-refractivity contribution is 0.0697. The lowest BCUT2D eigenvalue weighted by Gasteiger charge is -2.22. The number of carboxylic acids is 1. The molecule has 1 heterocycles. The van der Waals surface area contributed by atoms with Crippen LogP contribution in [0.1, 0.15) is 35.1 Å². The molecule has 0 radical (unpaired) electrons. The number of hydrogen-bond donors (Lipinski definition) is 2. The van der Waals surface area contributed by atoms with E-state index in [9.17, 15) is 4.79 Å². The van der Waals surface area contributed by atoms with E-state index < -0.39 is 5.97 Å². The van der Waals surface area contributed by atoms with Crippen molar-refractivity contribution < 1.29 is 9.90 Å². The monoisotopic (exact) mass is 275 g/mol. The van der Waals surface area contributed by atoms with Gasteiger partial charge in [0, 0.05) is 10.6 Å². The van der Waals surface area contributed by atoms with Gasteiger partial charge in [-0.3, -0.25) is 0 Å². The van der Waals surface area contributed by atoms with E-state index in [2.05, 4.69) is 30.6 Å². The largest absolute Gasteiger partial charge is 0.478 e. The van der Waals surface area contributed by atoms with E-state index in [4.69, 9.17) is 5.11 Å². The molecule has 0 amide bonds. The average molecular weight is 275 g/mol. The lowest BCUT2D eigenvalue weighted by Crippen LogP contribution is -2.15. The van der Waals surface area contributed by atoms with Gasteiger partial charge in [0.15, 0.2) is 0 Å². The van der Waals surface area contributed by atoms with Crippen LogP contribution in [0, 0.1) is 5.92 Å². The molecule has 1 atom stereocenters. The third kappa shape index (κ3) is 3.35. The second kappa shape index (κ2) is 5.89. The lowest BCUT2D eigenvalue weighted by atomic mass is 10.0. The SMILES string of the molecule is CC(C)C(Nc1cccc(C(=O)O)c1)c1cccs1. The maximum atomic E-state index is 11.0. The molecule has 3 nitrogen and oxygen atoms in total. The Hall–Kier alpha value is -1.81. The number of hydrogen-bond acceptors (Lipinski definition) is 3. The predicted octanol–water partition coefficient (Wildman–Crippen LogP) is 4.26. The Balaban J connectivity index is 2.22. The molecule has 0 aliphatic carbocycles. The van der Waals surface area contributed by atoms with E-state index in [1.54, 1.807) is 29.5 Å². The number of rotatable bonds is 5. The van der Waals surface area contributed by atoms with E-state index in [1.807, 2.05) is 12.1 Å². The van der Waals surface area contributed by atoms with Gasteiger partial charge in [0.25, 0.3) is 0 Å². The highest BCUT2D eigenvalue weighted by atomic mass is 32.1. The van der Waals surface area contributed by atoms with Gasteiger partial charge >= 0.3 is 5.97 Å². The van der Waals surface area contributed by atoms with Crippen LogP contribution in [-0.4, -0.2) is 11.1 Å². The van der Waals surface area contributed by atoms with E-state index in [-0.39, 0.29) is 6.04 Å². The zero-order chi connectivity index (χ0) is 13.8. The molecular weight excluding hydrogens is 258 g/mol. The molecular formula is C15H17NO2S. The molecule has 1 aromatic carbocycles. The molecule has 1 unspecified atom stereocenters. The molecule has 100 valence electrons. The minimum absolute atomic E-state index is 0.198. The van der Waals surface area contributed by atoms with E-state index in [0.717, 1.165) is 5.69 Å². The zero-order valence-corrected chi connectivity index (χ0v) is 11.8. The Bertz CT molecular complexity index is 549. The zero-order valence-electron chi connectivity index (χ0n) is 11.0. The van der Waals surface area contributed by atoms with Gasteiger partial charge in [0.05, 0.1) is 11.6 Å². The third-order valence-corrected chi connectivity index (χ3v) is 3.90. The van der Waals surface area contributed by atoms with Crippen molar-refractivity contribution in [3.05, 3.63) is 52.2 Å². The summed E-state index contributed by atoms with van der Waals surface area (Å²) >= 11 is 1.71. The maximum absolute atomic E-state index is 11.0. The van der Waals surface area contributed by atoms with Crippen LogP contribution in [0.4, 0.5) is 5.69 Å². The van der Waals surface area contributed by atoms with Gasteiger partial charge in [-0.05, 0) is 35.6 Å². The van der Waals surface area contributed by atoms with Gasteiger partial charge in [-0.25, -0.2) is 4.79 Å². The maximum Gasteiger partial charge on any atom is 0.335 e. The Labute approximate surface area is 116 Å². The summed E-state index contributed by atoms with van der Waals surface area (Å²) in [6.07, 6.45) is 0. The molecule has 19 heavy (non-hydrogen) atoms. The van der Waals surface area contributed by atoms with Crippen LogP contribution >= 0.6 is 11.3 Å². The van der Waals surface area contributed by atoms with Crippen LogP contribution in [0.3, 0.4) is 0 Å². The first-order valence-electron chi connectivity index (χ1n) is 6.21. The highest BCUT2D eigenvalue weighted by Crippen LogP contribution is 2.29. The van der Waals surface area contributed by atoms with E-state index in [1.165, 1.54) is 4.88 Å². The fourth-order valence-corrected chi connectivity index (χ4v) is 2.91. The second-order valence-electron chi connectivity index (χ2n) is 4.77. The first-order chi connectivity index (χ1) is 9.08. The first-order valence-corrected chi connectivity index (χ1v) is 7.09. The standard InChI is InChI=1S/C15H17NO2S/c1-10(2)14(13-7-4-8-19-13)16-12-6-3-5-11(9-12)15(17)18/h3-10,14,16H,1-2H3,(H,17,18). The summed E-state index contributed by atoms with van der Waals surface area (Å²) in [5.74, 6) is -0.479. The molecule has 0 saturated heterocycles. The van der Waals surface area contributed by atoms with Crippen molar-refractivity contribution in [2.24, 2.45) is 5.92 Å². The summed E-state index contributed by atoms with van der Waals surface area (Å²) in [6, 6.07) is 11.3. The summed E-state index contributed by atoms with van der Waals surface area (Å²) in [4.78, 5) is 12.2. The number of carbonyl (C=O) groups is 1. The van der Waals surface area contributed by atoms with Crippen molar-refractivity contribution >= 4 is 23.0 Å². The van der Waals surface area contributed by atoms with E-state index >= 15 is 0 Å². The van der Waals surface area contributed by atoms with Crippen molar-refractivity contribution in [3.8, 4) is 0 Å². The smallest absolute Gasteiger partial charge is 0.335 e. The Morgan fingerprint density at radius 3 is 2.63 bits per heavy atom. The Morgan fingerprint density at radius 2 is 2.05 bits per heavy atom. The van der Waals surface area contributed by atoms with Crippen LogP contribution in [0.2, 0.25) is 0 Å². The van der Waals surface area contributed by atoms with Crippen molar-refractivity contribution in [2.75, 3.05) is 5.32 Å². The Morgan fingerprint density at radius 1 is 1.26 bits per heavy atom. The third-order valence-electron chi connectivity index (χ3n) is 2.95. The summed E-state index contributed by atoms with van der Waals surface area (Å²) in [5, 5.41) is 14.5. The molecule has 0 fully saturated rings. The predicted molar refractivity (Wildman–Crippen MR) is 78.9 cm³/mol. The van der Waals surface area contributed by atoms with Crippen molar-refractivity contribution in [2.45, 2.75) is 19.9 Å². The van der Waals surface area contributed by atoms with E-state index in [0.29, 0.717) is 11.5 Å². The van der Waals surface area contributed by atoms with Crippen LogP contribution in [-0.2, 0) is 0 Å². The van der Waals surface area contributed by atoms with Crippen molar-refractivity contribution in [3.63, 3.8) is 0 Å². The quantitative estimate of drug-likeness (QED) is 0.857. The first kappa shape index (κ1) is 13.6. The highest BCUT2D eigenvalue weighted by Gasteiger charge is 2.17. The van der Waals surface area contributed by atoms with Gasteiger partial charge in [-0.15, -0.1) is 11.3 Å². The summed E-state index contributed by atoms with van der Waals surface area (Å²) in [7, 11) is 0. The normalized spacial score (nSPS) is 12.4. The number of nitrogens with one attached hydrogen (secondary N) is 1. The van der Waals surface area contributed by atoms with Crippen LogP contribution in [0.25, 0.3) is 0 Å². The van der Waals surface area contributed by atoms with Gasteiger partial charge in [0.2, 0.25) is 0 Å². The number of anilines is 1. The molecule has 2 rings (SSSR count). The number of thiophene rings is 1. The van der Waals surface area contributed by atoms with Gasteiger partial charge in [-0.1, -0.05) is 26.0 Å². The number of carboxylic acid groups (broad SMARTS) is 1. The molecule has 2 N–H and O–H groups in total. The minimum Gasteiger partial charge on any atom is -0.478 e. The number of aromatic carboxylic acids is 1. The van der Waals surface area contributed by atoms with Crippen molar-refractivity contribution in [1.82, 2.24) is 0 Å². The fraction of sp³-hybridized carbons (Fsp3) is 0.267. The summed E-state index contributed by atoms with van der Waals surface area (Å²) in [5.41, 5.74) is 1.14. The number of benzene rings is 1. The van der Waals surface area contributed by atoms with Gasteiger partial charge < -0.3 is 10.4 Å². The van der Waals surface area contributed by atoms with Crippen LogP contribution in [0.15, 0.2) is 41.8 Å². The second-order valence-corrected chi connectivity index (χ2v) is 5.75. The topological polar surface area (TPSA) is 49.3 Å². The highest BCUT2D eigenvalue weighted by molar-refractivity contribution is 7.10. The molecule has 1 aromatic heterocycles. The summed E-state index contributed by atoms with van der Waals surface area (Å²) < 4.78 is 0.